The molecule has 4 heteroatoms. The lowest BCUT2D eigenvalue weighted by Gasteiger charge is -2.08. The molecular formula is C10H7ClINO. The molecule has 2 aromatic rings. The predicted molar refractivity (Wildman–Crippen MR) is 66.0 cm³/mol. The molecule has 0 spiro atoms. The third-order valence-corrected chi connectivity index (χ3v) is 3.06. The van der Waals surface area contributed by atoms with E-state index in [9.17, 15) is 0 Å². The van der Waals surface area contributed by atoms with Gasteiger partial charge in [-0.25, -0.2) is 0 Å². The lowest BCUT2D eigenvalue weighted by Crippen LogP contribution is -1.90. The number of aromatic nitrogens is 1. The highest BCUT2D eigenvalue weighted by Gasteiger charge is 2.09. The van der Waals surface area contributed by atoms with Crippen LogP contribution in [-0.2, 0) is 0 Å². The summed E-state index contributed by atoms with van der Waals surface area (Å²) in [6.07, 6.45) is 1.76. The number of benzene rings is 1. The van der Waals surface area contributed by atoms with Gasteiger partial charge in [0.25, 0.3) is 0 Å². The van der Waals surface area contributed by atoms with E-state index < -0.39 is 0 Å². The number of hydrogen-bond donors (Lipinski definition) is 0. The number of nitrogens with zero attached hydrogens (tertiary/aromatic N) is 1. The Bertz CT molecular complexity index is 487. The lowest BCUT2D eigenvalue weighted by atomic mass is 10.2. The Labute approximate surface area is 100 Å². The van der Waals surface area contributed by atoms with Gasteiger partial charge in [-0.05, 0) is 40.8 Å². The van der Waals surface area contributed by atoms with Crippen molar-refractivity contribution < 1.29 is 4.74 Å². The highest BCUT2D eigenvalue weighted by atomic mass is 127. The lowest BCUT2D eigenvalue weighted by molar-refractivity contribution is 0.420. The summed E-state index contributed by atoms with van der Waals surface area (Å²) in [4.78, 5) is 4.28. The topological polar surface area (TPSA) is 22.1 Å². The maximum absolute atomic E-state index is 6.05. The third-order valence-electron chi connectivity index (χ3n) is 1.95. The van der Waals surface area contributed by atoms with E-state index >= 15 is 0 Å². The molecule has 0 fully saturated rings. The van der Waals surface area contributed by atoms with Gasteiger partial charge >= 0.3 is 0 Å². The van der Waals surface area contributed by atoms with Gasteiger partial charge in [0.2, 0.25) is 0 Å². The first kappa shape index (κ1) is 9.98. The zero-order chi connectivity index (χ0) is 10.1. The minimum absolute atomic E-state index is 0.623. The van der Waals surface area contributed by atoms with Crippen LogP contribution in [0.3, 0.4) is 0 Å². The van der Waals surface area contributed by atoms with Crippen LogP contribution in [0.1, 0.15) is 0 Å². The summed E-state index contributed by atoms with van der Waals surface area (Å²) in [6, 6.07) is 5.68. The molecule has 0 atom stereocenters. The molecular weight excluding hydrogens is 312 g/mol. The van der Waals surface area contributed by atoms with Crippen LogP contribution in [0.5, 0.6) is 5.75 Å². The number of methoxy groups -OCH3 is 1. The Hall–Kier alpha value is -0.550. The van der Waals surface area contributed by atoms with Crippen LogP contribution in [-0.4, -0.2) is 12.1 Å². The number of halogens is 2. The number of rotatable bonds is 1. The minimum atomic E-state index is 0.623. The molecule has 0 radical (unpaired) electrons. The maximum Gasteiger partial charge on any atom is 0.146 e. The van der Waals surface area contributed by atoms with Crippen LogP contribution in [0, 0.1) is 3.57 Å². The Morgan fingerprint density at radius 1 is 1.50 bits per heavy atom. The van der Waals surface area contributed by atoms with Crippen molar-refractivity contribution in [1.29, 1.82) is 0 Å². The van der Waals surface area contributed by atoms with Crippen LogP contribution in [0.25, 0.3) is 10.9 Å². The van der Waals surface area contributed by atoms with Crippen LogP contribution in [0.4, 0.5) is 0 Å². The Balaban J connectivity index is 2.90. The van der Waals surface area contributed by atoms with Gasteiger partial charge in [0.15, 0.2) is 0 Å². The minimum Gasteiger partial charge on any atom is -0.494 e. The number of pyridine rings is 1. The third kappa shape index (κ3) is 1.54. The molecule has 0 bridgehead atoms. The Morgan fingerprint density at radius 3 is 3.00 bits per heavy atom. The van der Waals surface area contributed by atoms with E-state index in [1.807, 2.05) is 18.2 Å². The van der Waals surface area contributed by atoms with E-state index in [0.717, 1.165) is 14.5 Å². The van der Waals surface area contributed by atoms with Crippen molar-refractivity contribution in [3.63, 3.8) is 0 Å². The molecule has 72 valence electrons. The molecule has 2 rings (SSSR count). The van der Waals surface area contributed by atoms with Crippen molar-refractivity contribution in [3.8, 4) is 5.75 Å². The number of ether oxygens (including phenoxy) is 1. The second-order valence-electron chi connectivity index (χ2n) is 2.77. The normalized spacial score (nSPS) is 10.5. The first-order valence-electron chi connectivity index (χ1n) is 4.00. The largest absolute Gasteiger partial charge is 0.494 e. The summed E-state index contributed by atoms with van der Waals surface area (Å²) in [6.45, 7) is 0. The summed E-state index contributed by atoms with van der Waals surface area (Å²) in [7, 11) is 1.61. The zero-order valence-electron chi connectivity index (χ0n) is 7.42. The van der Waals surface area contributed by atoms with Gasteiger partial charge in [0.05, 0.1) is 17.6 Å². The molecule has 14 heavy (non-hydrogen) atoms. The fraction of sp³-hybridized carbons (Fsp3) is 0.100. The second kappa shape index (κ2) is 3.90. The van der Waals surface area contributed by atoms with Crippen LogP contribution >= 0.6 is 34.2 Å². The molecule has 0 aliphatic heterocycles. The second-order valence-corrected chi connectivity index (χ2v) is 4.34. The van der Waals surface area contributed by atoms with Crippen molar-refractivity contribution in [3.05, 3.63) is 33.0 Å². The fourth-order valence-electron chi connectivity index (χ4n) is 1.36. The van der Waals surface area contributed by atoms with E-state index in [1.54, 1.807) is 13.3 Å². The molecule has 0 unspecified atom stereocenters. The Kier molecular flexibility index (Phi) is 2.78. The van der Waals surface area contributed by atoms with Gasteiger partial charge in [0, 0.05) is 15.2 Å². The molecule has 1 heterocycles. The average molecular weight is 320 g/mol. The van der Waals surface area contributed by atoms with Crippen molar-refractivity contribution in [2.45, 2.75) is 0 Å². The van der Waals surface area contributed by atoms with Crippen molar-refractivity contribution in [1.82, 2.24) is 4.98 Å². The van der Waals surface area contributed by atoms with Gasteiger partial charge < -0.3 is 4.74 Å². The highest BCUT2D eigenvalue weighted by molar-refractivity contribution is 14.1. The van der Waals surface area contributed by atoms with Crippen molar-refractivity contribution >= 4 is 45.1 Å². The van der Waals surface area contributed by atoms with Gasteiger partial charge in [-0.15, -0.1) is 0 Å². The summed E-state index contributed by atoms with van der Waals surface area (Å²) in [5.41, 5.74) is 0.925. The molecule has 0 amide bonds. The summed E-state index contributed by atoms with van der Waals surface area (Å²) in [5, 5.41) is 1.57. The number of fused-ring (bicyclic) bond motifs is 1. The molecule has 1 aromatic heterocycles. The van der Waals surface area contributed by atoms with Crippen LogP contribution < -0.4 is 4.74 Å². The van der Waals surface area contributed by atoms with Gasteiger partial charge in [-0.1, -0.05) is 11.6 Å². The first-order valence-corrected chi connectivity index (χ1v) is 5.46. The van der Waals surface area contributed by atoms with E-state index in [1.165, 1.54) is 0 Å². The van der Waals surface area contributed by atoms with E-state index in [2.05, 4.69) is 27.6 Å². The molecule has 1 aromatic carbocycles. The SMILES string of the molecule is COc1c(Cl)cc(I)c2ncccc12. The molecule has 2 nitrogen and oxygen atoms in total. The fourth-order valence-corrected chi connectivity index (χ4v) is 2.57. The highest BCUT2D eigenvalue weighted by Crippen LogP contribution is 2.34. The summed E-state index contributed by atoms with van der Waals surface area (Å²) in [5.74, 6) is 0.690. The Morgan fingerprint density at radius 2 is 2.29 bits per heavy atom. The first-order chi connectivity index (χ1) is 6.74. The van der Waals surface area contributed by atoms with Gasteiger partial charge in [-0.2, -0.15) is 0 Å². The van der Waals surface area contributed by atoms with Crippen LogP contribution in [0.15, 0.2) is 24.4 Å². The quantitative estimate of drug-likeness (QED) is 0.751. The van der Waals surface area contributed by atoms with E-state index in [0.29, 0.717) is 10.8 Å². The van der Waals surface area contributed by atoms with Gasteiger partial charge in [-0.3, -0.25) is 4.98 Å². The van der Waals surface area contributed by atoms with Crippen molar-refractivity contribution in [2.75, 3.05) is 7.11 Å². The zero-order valence-corrected chi connectivity index (χ0v) is 10.3. The van der Waals surface area contributed by atoms with E-state index in [4.69, 9.17) is 16.3 Å². The average Bonchev–Trinajstić information content (AvgIpc) is 2.18. The molecule has 0 saturated carbocycles. The van der Waals surface area contributed by atoms with E-state index in [-0.39, 0.29) is 0 Å². The molecule has 0 N–H and O–H groups in total. The molecule has 0 aliphatic carbocycles. The monoisotopic (exact) mass is 319 g/mol. The van der Waals surface area contributed by atoms with Crippen LogP contribution in [0.2, 0.25) is 5.02 Å². The predicted octanol–water partition coefficient (Wildman–Crippen LogP) is 3.50. The molecule has 0 aliphatic rings. The van der Waals surface area contributed by atoms with Gasteiger partial charge in [0.1, 0.15) is 5.75 Å². The summed E-state index contributed by atoms with van der Waals surface area (Å²) >= 11 is 8.27. The smallest absolute Gasteiger partial charge is 0.146 e. The summed E-state index contributed by atoms with van der Waals surface area (Å²) < 4.78 is 6.27. The van der Waals surface area contributed by atoms with Crippen molar-refractivity contribution in [2.24, 2.45) is 0 Å². The molecule has 0 saturated heterocycles. The standard InChI is InChI=1S/C10H7ClINO/c1-14-10-6-3-2-4-13-9(6)8(12)5-7(10)11/h2-5H,1H3. The maximum atomic E-state index is 6.05. The number of hydrogen-bond acceptors (Lipinski definition) is 2.